The lowest BCUT2D eigenvalue weighted by Crippen LogP contribution is -2.05. The summed E-state index contributed by atoms with van der Waals surface area (Å²) in [4.78, 5) is 0. The van der Waals surface area contributed by atoms with E-state index in [2.05, 4.69) is 0 Å². The van der Waals surface area contributed by atoms with Crippen LogP contribution in [0.2, 0.25) is 5.02 Å². The van der Waals surface area contributed by atoms with Crippen LogP contribution in [0.25, 0.3) is 11.1 Å². The lowest BCUT2D eigenvalue weighted by atomic mass is 10.0. The summed E-state index contributed by atoms with van der Waals surface area (Å²) in [5.74, 6) is 0. The summed E-state index contributed by atoms with van der Waals surface area (Å²) in [5.41, 5.74) is -1.59. The van der Waals surface area contributed by atoms with Crippen LogP contribution in [0.1, 0.15) is 11.1 Å². The monoisotopic (exact) mass is 324 g/mol. The Kier molecular flexibility index (Phi) is 3.93. The second-order valence-electron chi connectivity index (χ2n) is 4.27. The van der Waals surface area contributed by atoms with Crippen molar-refractivity contribution in [2.45, 2.75) is 12.4 Å². The Bertz CT molecular complexity index is 640. The first kappa shape index (κ1) is 15.7. The molecule has 0 saturated heterocycles. The average Bonchev–Trinajstić information content (AvgIpc) is 2.37. The zero-order valence-electron chi connectivity index (χ0n) is 10.2. The van der Waals surface area contributed by atoms with E-state index in [-0.39, 0.29) is 16.1 Å². The molecule has 0 N–H and O–H groups in total. The fourth-order valence-electron chi connectivity index (χ4n) is 1.76. The molecular formula is C14H7ClF6. The second-order valence-corrected chi connectivity index (χ2v) is 4.67. The van der Waals surface area contributed by atoms with Gasteiger partial charge in [-0.1, -0.05) is 23.7 Å². The predicted octanol–water partition coefficient (Wildman–Crippen LogP) is 6.04. The molecule has 0 aliphatic heterocycles. The zero-order valence-corrected chi connectivity index (χ0v) is 10.9. The molecule has 7 heteroatoms. The third-order valence-corrected chi connectivity index (χ3v) is 3.15. The van der Waals surface area contributed by atoms with E-state index in [1.165, 1.54) is 0 Å². The molecule has 0 heterocycles. The summed E-state index contributed by atoms with van der Waals surface area (Å²) in [7, 11) is 0. The van der Waals surface area contributed by atoms with E-state index in [4.69, 9.17) is 11.6 Å². The van der Waals surface area contributed by atoms with Gasteiger partial charge in [0.2, 0.25) is 0 Å². The maximum absolute atomic E-state index is 12.6. The van der Waals surface area contributed by atoms with Crippen LogP contribution in [-0.4, -0.2) is 0 Å². The van der Waals surface area contributed by atoms with Gasteiger partial charge in [-0.15, -0.1) is 0 Å². The van der Waals surface area contributed by atoms with Gasteiger partial charge in [-0.2, -0.15) is 26.3 Å². The van der Waals surface area contributed by atoms with Crippen molar-refractivity contribution in [3.63, 3.8) is 0 Å². The Morgan fingerprint density at radius 3 is 1.62 bits per heavy atom. The average molecular weight is 325 g/mol. The number of hydrogen-bond acceptors (Lipinski definition) is 0. The van der Waals surface area contributed by atoms with Crippen LogP contribution in [0.5, 0.6) is 0 Å². The molecule has 2 rings (SSSR count). The number of halogens is 7. The van der Waals surface area contributed by atoms with Crippen molar-refractivity contribution in [1.82, 2.24) is 0 Å². The first-order chi connectivity index (χ1) is 9.59. The van der Waals surface area contributed by atoms with Crippen molar-refractivity contribution >= 4 is 11.6 Å². The quantitative estimate of drug-likeness (QED) is 0.561. The molecule has 2 aromatic rings. The van der Waals surface area contributed by atoms with Crippen molar-refractivity contribution in [2.75, 3.05) is 0 Å². The molecule has 112 valence electrons. The van der Waals surface area contributed by atoms with Crippen LogP contribution in [0.15, 0.2) is 42.5 Å². The minimum absolute atomic E-state index is 0.0280. The Morgan fingerprint density at radius 1 is 0.667 bits per heavy atom. The largest absolute Gasteiger partial charge is 0.416 e. The minimum atomic E-state index is -4.55. The Balaban J connectivity index is 2.47. The molecule has 0 aromatic heterocycles. The first-order valence-electron chi connectivity index (χ1n) is 5.63. The summed E-state index contributed by atoms with van der Waals surface area (Å²) in [6.07, 6.45) is -9.05. The lowest BCUT2D eigenvalue weighted by Gasteiger charge is -2.12. The summed E-state index contributed by atoms with van der Waals surface area (Å²) < 4.78 is 75.3. The summed E-state index contributed by atoms with van der Waals surface area (Å²) in [6, 6.07) is 6.46. The van der Waals surface area contributed by atoms with E-state index in [9.17, 15) is 26.3 Å². The highest BCUT2D eigenvalue weighted by atomic mass is 35.5. The molecule has 0 spiro atoms. The van der Waals surface area contributed by atoms with Crippen molar-refractivity contribution in [3.8, 4) is 11.1 Å². The minimum Gasteiger partial charge on any atom is -0.166 e. The van der Waals surface area contributed by atoms with Crippen LogP contribution in [0, 0.1) is 0 Å². The van der Waals surface area contributed by atoms with Gasteiger partial charge < -0.3 is 0 Å². The summed E-state index contributed by atoms with van der Waals surface area (Å²) >= 11 is 5.82. The normalized spacial score (nSPS) is 12.5. The van der Waals surface area contributed by atoms with E-state index in [0.29, 0.717) is 0 Å². The zero-order chi connectivity index (χ0) is 15.8. The van der Waals surface area contributed by atoms with Gasteiger partial charge in [-0.25, -0.2) is 0 Å². The molecule has 2 aromatic carbocycles. The van der Waals surface area contributed by atoms with Gasteiger partial charge in [0.1, 0.15) is 0 Å². The maximum Gasteiger partial charge on any atom is 0.416 e. The SMILES string of the molecule is FC(F)(F)c1ccc(-c2cc(C(F)(F)F)ccc2Cl)cc1. The van der Waals surface area contributed by atoms with Gasteiger partial charge in [0.25, 0.3) is 0 Å². The number of rotatable bonds is 1. The van der Waals surface area contributed by atoms with Crippen LogP contribution in [-0.2, 0) is 12.4 Å². The van der Waals surface area contributed by atoms with Crippen molar-refractivity contribution in [1.29, 1.82) is 0 Å². The van der Waals surface area contributed by atoms with Gasteiger partial charge >= 0.3 is 12.4 Å². The molecule has 21 heavy (non-hydrogen) atoms. The molecule has 0 radical (unpaired) electrons. The van der Waals surface area contributed by atoms with Gasteiger partial charge in [0, 0.05) is 10.6 Å². The lowest BCUT2D eigenvalue weighted by molar-refractivity contribution is -0.138. The van der Waals surface area contributed by atoms with Gasteiger partial charge in [-0.05, 0) is 35.9 Å². The topological polar surface area (TPSA) is 0 Å². The summed E-state index contributed by atoms with van der Waals surface area (Å²) in [5, 5.41) is 0.0303. The molecule has 0 fully saturated rings. The molecular weight excluding hydrogens is 318 g/mol. The van der Waals surface area contributed by atoms with Gasteiger partial charge in [0.05, 0.1) is 11.1 Å². The van der Waals surface area contributed by atoms with Crippen LogP contribution < -0.4 is 0 Å². The number of benzene rings is 2. The fourth-order valence-corrected chi connectivity index (χ4v) is 1.99. The van der Waals surface area contributed by atoms with Crippen molar-refractivity contribution in [3.05, 3.63) is 58.6 Å². The molecule has 0 unspecified atom stereocenters. The van der Waals surface area contributed by atoms with Crippen LogP contribution >= 0.6 is 11.6 Å². The molecule has 0 atom stereocenters. The van der Waals surface area contributed by atoms with Gasteiger partial charge in [-0.3, -0.25) is 0 Å². The standard InChI is InChI=1S/C14H7ClF6/c15-12-6-5-10(14(19,20)21)7-11(12)8-1-3-9(4-2-8)13(16,17)18/h1-7H. The predicted molar refractivity (Wildman–Crippen MR) is 66.9 cm³/mol. The smallest absolute Gasteiger partial charge is 0.166 e. The van der Waals surface area contributed by atoms with Crippen molar-refractivity contribution < 1.29 is 26.3 Å². The molecule has 0 nitrogen and oxygen atoms in total. The van der Waals surface area contributed by atoms with Crippen LogP contribution in [0.3, 0.4) is 0 Å². The van der Waals surface area contributed by atoms with E-state index in [0.717, 1.165) is 42.5 Å². The molecule has 0 saturated carbocycles. The van der Waals surface area contributed by atoms with E-state index in [1.54, 1.807) is 0 Å². The third-order valence-electron chi connectivity index (χ3n) is 2.82. The maximum atomic E-state index is 12.6. The molecule has 0 bridgehead atoms. The summed E-state index contributed by atoms with van der Waals surface area (Å²) in [6.45, 7) is 0. The highest BCUT2D eigenvalue weighted by molar-refractivity contribution is 6.33. The van der Waals surface area contributed by atoms with Gasteiger partial charge in [0.15, 0.2) is 0 Å². The number of hydrogen-bond donors (Lipinski definition) is 0. The van der Waals surface area contributed by atoms with Crippen LogP contribution in [0.4, 0.5) is 26.3 Å². The van der Waals surface area contributed by atoms with E-state index in [1.807, 2.05) is 0 Å². The van der Waals surface area contributed by atoms with E-state index >= 15 is 0 Å². The number of alkyl halides is 6. The Labute approximate surface area is 121 Å². The second kappa shape index (κ2) is 5.26. The van der Waals surface area contributed by atoms with E-state index < -0.39 is 23.5 Å². The Morgan fingerprint density at radius 2 is 1.14 bits per heavy atom. The fraction of sp³-hybridized carbons (Fsp3) is 0.143. The molecule has 0 aliphatic carbocycles. The van der Waals surface area contributed by atoms with Crippen molar-refractivity contribution in [2.24, 2.45) is 0 Å². The Hall–Kier alpha value is -1.69. The first-order valence-corrected chi connectivity index (χ1v) is 6.01. The molecule has 0 aliphatic rings. The highest BCUT2D eigenvalue weighted by Gasteiger charge is 2.32. The highest BCUT2D eigenvalue weighted by Crippen LogP contribution is 2.37. The third kappa shape index (κ3) is 3.50. The molecule has 0 amide bonds.